The molecule has 1 aromatic heterocycles. The van der Waals surface area contributed by atoms with Crippen LogP contribution in [0, 0.1) is 5.82 Å². The van der Waals surface area contributed by atoms with Crippen molar-refractivity contribution in [2.24, 2.45) is 5.73 Å². The number of primary amides is 1. The molecule has 8 nitrogen and oxygen atoms in total. The maximum atomic E-state index is 13.3. The van der Waals surface area contributed by atoms with Crippen molar-refractivity contribution in [1.82, 2.24) is 15.2 Å². The Balaban J connectivity index is 1.94. The molecule has 2 aromatic rings. The van der Waals surface area contributed by atoms with Crippen molar-refractivity contribution in [3.05, 3.63) is 36.3 Å². The standard InChI is InChI=1S/C16H19FN4O4/c17-11-4-3-10-5-7-21(13(10)8-11)9-14(22)20-12(15(23)24)2-1-6-19-16(18)25/h3-5,7-8,12H,1-2,6,9H2,(H,20,22)(H,23,24)(H3,18,19,25)/t12-/m1/s1. The van der Waals surface area contributed by atoms with E-state index in [0.29, 0.717) is 11.9 Å². The van der Waals surface area contributed by atoms with Gasteiger partial charge in [0.05, 0.1) is 5.52 Å². The minimum absolute atomic E-state index is 0.129. The number of halogens is 1. The van der Waals surface area contributed by atoms with E-state index in [2.05, 4.69) is 10.6 Å². The number of nitrogens with two attached hydrogens (primary N) is 1. The number of aromatic nitrogens is 1. The van der Waals surface area contributed by atoms with Gasteiger partial charge in [-0.1, -0.05) is 0 Å². The van der Waals surface area contributed by atoms with Gasteiger partial charge in [0.1, 0.15) is 18.4 Å². The van der Waals surface area contributed by atoms with Gasteiger partial charge in [0.2, 0.25) is 5.91 Å². The number of fused-ring (bicyclic) bond motifs is 1. The van der Waals surface area contributed by atoms with Crippen molar-refractivity contribution in [2.75, 3.05) is 6.54 Å². The number of carboxylic acids is 1. The summed E-state index contributed by atoms with van der Waals surface area (Å²) in [5.41, 5.74) is 5.46. The summed E-state index contributed by atoms with van der Waals surface area (Å²) in [5, 5.41) is 14.7. The minimum atomic E-state index is -1.17. The van der Waals surface area contributed by atoms with Crippen LogP contribution in [-0.4, -0.2) is 40.2 Å². The number of carbonyl (C=O) groups excluding carboxylic acids is 2. The number of urea groups is 1. The Kier molecular flexibility index (Phi) is 5.93. The van der Waals surface area contributed by atoms with E-state index in [4.69, 9.17) is 5.73 Å². The molecule has 0 aliphatic carbocycles. The molecule has 0 radical (unpaired) electrons. The van der Waals surface area contributed by atoms with E-state index < -0.39 is 29.8 Å². The number of hydrogen-bond donors (Lipinski definition) is 4. The SMILES string of the molecule is NC(=O)NCCC[C@@H](NC(=O)Cn1ccc2ccc(F)cc21)C(=O)O. The maximum absolute atomic E-state index is 13.3. The molecule has 0 unspecified atom stereocenters. The lowest BCUT2D eigenvalue weighted by molar-refractivity contribution is -0.142. The molecule has 25 heavy (non-hydrogen) atoms. The molecule has 1 aromatic carbocycles. The van der Waals surface area contributed by atoms with E-state index in [1.165, 1.54) is 12.1 Å². The van der Waals surface area contributed by atoms with Gasteiger partial charge in [-0.2, -0.15) is 0 Å². The van der Waals surface area contributed by atoms with Gasteiger partial charge in [-0.05, 0) is 42.5 Å². The highest BCUT2D eigenvalue weighted by atomic mass is 19.1. The average Bonchev–Trinajstić information content (AvgIpc) is 2.92. The van der Waals surface area contributed by atoms with Crippen molar-refractivity contribution in [2.45, 2.75) is 25.4 Å². The zero-order valence-electron chi connectivity index (χ0n) is 13.4. The molecule has 0 saturated carbocycles. The normalized spacial score (nSPS) is 11.9. The molecule has 3 amide bonds. The van der Waals surface area contributed by atoms with Crippen LogP contribution in [0.25, 0.3) is 10.9 Å². The summed E-state index contributed by atoms with van der Waals surface area (Å²) in [6.45, 7) is 0.0900. The molecule has 0 aliphatic rings. The summed E-state index contributed by atoms with van der Waals surface area (Å²) >= 11 is 0. The van der Waals surface area contributed by atoms with Crippen molar-refractivity contribution in [1.29, 1.82) is 0 Å². The third-order valence-corrected chi connectivity index (χ3v) is 3.65. The molecule has 0 fully saturated rings. The molecule has 2 rings (SSSR count). The van der Waals surface area contributed by atoms with E-state index >= 15 is 0 Å². The van der Waals surface area contributed by atoms with Gasteiger partial charge < -0.3 is 26.0 Å². The van der Waals surface area contributed by atoms with E-state index in [9.17, 15) is 23.9 Å². The smallest absolute Gasteiger partial charge is 0.326 e. The van der Waals surface area contributed by atoms with Crippen LogP contribution >= 0.6 is 0 Å². The Morgan fingerprint density at radius 3 is 2.72 bits per heavy atom. The number of carbonyl (C=O) groups is 3. The van der Waals surface area contributed by atoms with Crippen LogP contribution < -0.4 is 16.4 Å². The average molecular weight is 350 g/mol. The molecule has 9 heteroatoms. The molecule has 1 heterocycles. The first-order valence-electron chi connectivity index (χ1n) is 7.66. The van der Waals surface area contributed by atoms with E-state index in [-0.39, 0.29) is 19.5 Å². The Morgan fingerprint density at radius 1 is 1.28 bits per heavy atom. The van der Waals surface area contributed by atoms with Gasteiger partial charge in [0, 0.05) is 12.7 Å². The highest BCUT2D eigenvalue weighted by Gasteiger charge is 2.20. The van der Waals surface area contributed by atoms with Gasteiger partial charge >= 0.3 is 12.0 Å². The molecule has 0 aliphatic heterocycles. The van der Waals surface area contributed by atoms with Gasteiger partial charge in [-0.25, -0.2) is 14.0 Å². The third-order valence-electron chi connectivity index (χ3n) is 3.65. The minimum Gasteiger partial charge on any atom is -0.480 e. The molecular weight excluding hydrogens is 331 g/mol. The van der Waals surface area contributed by atoms with Crippen LogP contribution in [0.4, 0.5) is 9.18 Å². The maximum Gasteiger partial charge on any atom is 0.326 e. The highest BCUT2D eigenvalue weighted by molar-refractivity contribution is 5.86. The summed E-state index contributed by atoms with van der Waals surface area (Å²) in [5.74, 6) is -2.09. The van der Waals surface area contributed by atoms with Gasteiger partial charge in [-0.3, -0.25) is 4.79 Å². The number of carboxylic acid groups (broad SMARTS) is 1. The second-order valence-corrected chi connectivity index (χ2v) is 5.54. The van der Waals surface area contributed by atoms with Crippen LogP contribution in [0.2, 0.25) is 0 Å². The van der Waals surface area contributed by atoms with Gasteiger partial charge in [-0.15, -0.1) is 0 Å². The van der Waals surface area contributed by atoms with Crippen LogP contribution in [-0.2, 0) is 16.1 Å². The number of benzene rings is 1. The van der Waals surface area contributed by atoms with E-state index in [0.717, 1.165) is 5.39 Å². The molecule has 1 atom stereocenters. The largest absolute Gasteiger partial charge is 0.480 e. The van der Waals surface area contributed by atoms with Crippen molar-refractivity contribution < 1.29 is 23.9 Å². The fourth-order valence-electron chi connectivity index (χ4n) is 2.46. The lowest BCUT2D eigenvalue weighted by Gasteiger charge is -2.15. The Labute approximate surface area is 142 Å². The molecule has 0 saturated heterocycles. The van der Waals surface area contributed by atoms with Gasteiger partial charge in [0.25, 0.3) is 0 Å². The summed E-state index contributed by atoms with van der Waals surface area (Å²) in [6, 6.07) is 4.21. The number of amides is 3. The van der Waals surface area contributed by atoms with E-state index in [1.807, 2.05) is 0 Å². The topological polar surface area (TPSA) is 126 Å². The summed E-state index contributed by atoms with van der Waals surface area (Å²) in [4.78, 5) is 33.9. The Bertz CT molecular complexity index is 790. The zero-order chi connectivity index (χ0) is 18.4. The van der Waals surface area contributed by atoms with Crippen LogP contribution in [0.3, 0.4) is 0 Å². The number of aliphatic carboxylic acids is 1. The molecular formula is C16H19FN4O4. The van der Waals surface area contributed by atoms with Crippen molar-refractivity contribution >= 4 is 28.8 Å². The Morgan fingerprint density at radius 2 is 2.04 bits per heavy atom. The van der Waals surface area contributed by atoms with Crippen molar-refractivity contribution in [3.63, 3.8) is 0 Å². The van der Waals surface area contributed by atoms with Crippen molar-refractivity contribution in [3.8, 4) is 0 Å². The molecule has 5 N–H and O–H groups in total. The summed E-state index contributed by atoms with van der Waals surface area (Å²) in [6.07, 6.45) is 2.12. The van der Waals surface area contributed by atoms with Gasteiger partial charge in [0.15, 0.2) is 0 Å². The Hall–Kier alpha value is -3.10. The fraction of sp³-hybridized carbons (Fsp3) is 0.312. The molecule has 0 bridgehead atoms. The molecule has 0 spiro atoms. The highest BCUT2D eigenvalue weighted by Crippen LogP contribution is 2.17. The predicted molar refractivity (Wildman–Crippen MR) is 88.3 cm³/mol. The summed E-state index contributed by atoms with van der Waals surface area (Å²) in [7, 11) is 0. The van der Waals surface area contributed by atoms with Crippen LogP contribution in [0.15, 0.2) is 30.5 Å². The second-order valence-electron chi connectivity index (χ2n) is 5.54. The molecule has 134 valence electrons. The lowest BCUT2D eigenvalue weighted by Crippen LogP contribution is -2.42. The quantitative estimate of drug-likeness (QED) is 0.525. The first-order chi connectivity index (χ1) is 11.9. The monoisotopic (exact) mass is 350 g/mol. The number of nitrogens with zero attached hydrogens (tertiary/aromatic N) is 1. The third kappa shape index (κ3) is 5.20. The number of rotatable bonds is 8. The first kappa shape index (κ1) is 18.2. The van der Waals surface area contributed by atoms with Crippen LogP contribution in [0.1, 0.15) is 12.8 Å². The first-order valence-corrected chi connectivity index (χ1v) is 7.66. The van der Waals surface area contributed by atoms with Crippen LogP contribution in [0.5, 0.6) is 0 Å². The zero-order valence-corrected chi connectivity index (χ0v) is 13.4. The fourth-order valence-corrected chi connectivity index (χ4v) is 2.46. The second kappa shape index (κ2) is 8.13. The lowest BCUT2D eigenvalue weighted by atomic mass is 10.1. The number of hydrogen-bond acceptors (Lipinski definition) is 3. The predicted octanol–water partition coefficient (Wildman–Crippen LogP) is 0.798. The van der Waals surface area contributed by atoms with E-state index in [1.54, 1.807) is 22.9 Å². The summed E-state index contributed by atoms with van der Waals surface area (Å²) < 4.78 is 14.9. The number of nitrogens with one attached hydrogen (secondary N) is 2.